The van der Waals surface area contributed by atoms with Gasteiger partial charge in [0.15, 0.2) is 5.13 Å². The van der Waals surface area contributed by atoms with Gasteiger partial charge in [0.2, 0.25) is 0 Å². The van der Waals surface area contributed by atoms with Gasteiger partial charge < -0.3 is 14.4 Å². The summed E-state index contributed by atoms with van der Waals surface area (Å²) in [4.78, 5) is 17.9. The van der Waals surface area contributed by atoms with Crippen molar-refractivity contribution in [2.24, 2.45) is 0 Å². The Morgan fingerprint density at radius 2 is 2.26 bits per heavy atom. The molecule has 5 nitrogen and oxygen atoms in total. The van der Waals surface area contributed by atoms with Gasteiger partial charge in [-0.1, -0.05) is 0 Å². The molecule has 0 N–H and O–H groups in total. The number of esters is 1. The van der Waals surface area contributed by atoms with Gasteiger partial charge in [0, 0.05) is 25.5 Å². The van der Waals surface area contributed by atoms with Crippen molar-refractivity contribution < 1.29 is 14.3 Å². The molecule has 0 saturated heterocycles. The maximum absolute atomic E-state index is 11.1. The second-order valence-electron chi connectivity index (χ2n) is 4.29. The fourth-order valence-corrected chi connectivity index (χ4v) is 2.87. The van der Waals surface area contributed by atoms with Crippen LogP contribution in [0.3, 0.4) is 0 Å². The number of ether oxygens (including phenoxy) is 2. The molecule has 1 aromatic rings. The summed E-state index contributed by atoms with van der Waals surface area (Å²) in [5, 5.41) is 2.98. The molecule has 1 rings (SSSR count). The van der Waals surface area contributed by atoms with Crippen molar-refractivity contribution in [1.29, 1.82) is 0 Å². The summed E-state index contributed by atoms with van der Waals surface area (Å²) >= 11 is 1.60. The van der Waals surface area contributed by atoms with Gasteiger partial charge in [-0.2, -0.15) is 0 Å². The Balaban J connectivity index is 2.63. The number of thiazole rings is 1. The van der Waals surface area contributed by atoms with Crippen LogP contribution in [0.4, 0.5) is 5.13 Å². The molecular weight excluding hydrogens is 264 g/mol. The average molecular weight is 286 g/mol. The predicted molar refractivity (Wildman–Crippen MR) is 76.8 cm³/mol. The topological polar surface area (TPSA) is 51.7 Å². The van der Waals surface area contributed by atoms with Crippen LogP contribution in [0.2, 0.25) is 0 Å². The molecule has 19 heavy (non-hydrogen) atoms. The molecule has 108 valence electrons. The van der Waals surface area contributed by atoms with Gasteiger partial charge in [0.05, 0.1) is 31.9 Å². The van der Waals surface area contributed by atoms with E-state index in [4.69, 9.17) is 4.74 Å². The van der Waals surface area contributed by atoms with E-state index < -0.39 is 0 Å². The van der Waals surface area contributed by atoms with E-state index in [1.807, 2.05) is 5.38 Å². The number of rotatable bonds is 8. The summed E-state index contributed by atoms with van der Waals surface area (Å²) in [7, 11) is 3.11. The van der Waals surface area contributed by atoms with E-state index >= 15 is 0 Å². The van der Waals surface area contributed by atoms with E-state index in [0.717, 1.165) is 17.4 Å². The minimum absolute atomic E-state index is 0.199. The Labute approximate surface area is 118 Å². The summed E-state index contributed by atoms with van der Waals surface area (Å²) in [6, 6.07) is 0.287. The average Bonchev–Trinajstić information content (AvgIpc) is 2.86. The van der Waals surface area contributed by atoms with Crippen LogP contribution in [0, 0.1) is 0 Å². The van der Waals surface area contributed by atoms with Crippen LogP contribution < -0.4 is 4.90 Å². The Morgan fingerprint density at radius 1 is 1.53 bits per heavy atom. The van der Waals surface area contributed by atoms with E-state index in [9.17, 15) is 4.79 Å². The number of likely N-dealkylation sites (N-methyl/N-ethyl adjacent to an activating group) is 1. The predicted octanol–water partition coefficient (Wildman–Crippen LogP) is 2.11. The molecule has 6 heteroatoms. The molecule has 0 aliphatic carbocycles. The first-order valence-corrected chi connectivity index (χ1v) is 7.27. The third-order valence-corrected chi connectivity index (χ3v) is 3.81. The molecule has 1 atom stereocenters. The van der Waals surface area contributed by atoms with E-state index in [0.29, 0.717) is 19.4 Å². The quantitative estimate of drug-likeness (QED) is 0.685. The molecule has 0 saturated carbocycles. The molecule has 1 aromatic heterocycles. The lowest BCUT2D eigenvalue weighted by atomic mass is 10.2. The Bertz CT molecular complexity index is 395. The van der Waals surface area contributed by atoms with Crippen LogP contribution in [-0.2, 0) is 20.7 Å². The van der Waals surface area contributed by atoms with Gasteiger partial charge in [-0.15, -0.1) is 11.3 Å². The third kappa shape index (κ3) is 4.80. The first-order valence-electron chi connectivity index (χ1n) is 6.39. The fraction of sp³-hybridized carbons (Fsp3) is 0.692. The largest absolute Gasteiger partial charge is 0.469 e. The SMILES string of the molecule is CCN(c1nc(CCC(=O)OC)cs1)C(C)COC. The molecule has 0 radical (unpaired) electrons. The highest BCUT2D eigenvalue weighted by Crippen LogP contribution is 2.23. The number of hydrogen-bond acceptors (Lipinski definition) is 6. The Morgan fingerprint density at radius 3 is 2.84 bits per heavy atom. The van der Waals surface area contributed by atoms with Crippen molar-refractivity contribution in [3.05, 3.63) is 11.1 Å². The zero-order valence-electron chi connectivity index (χ0n) is 12.0. The number of aromatic nitrogens is 1. The van der Waals surface area contributed by atoms with Gasteiger partial charge in [-0.05, 0) is 13.8 Å². The van der Waals surface area contributed by atoms with Crippen LogP contribution in [-0.4, -0.2) is 44.4 Å². The lowest BCUT2D eigenvalue weighted by Gasteiger charge is -2.26. The standard InChI is InChI=1S/C13H22N2O3S/c1-5-15(10(2)8-17-3)13-14-11(9-19-13)6-7-12(16)18-4/h9-10H,5-8H2,1-4H3. The molecule has 0 spiro atoms. The van der Waals surface area contributed by atoms with Gasteiger partial charge >= 0.3 is 5.97 Å². The second kappa shape index (κ2) is 8.12. The van der Waals surface area contributed by atoms with Gasteiger partial charge in [-0.25, -0.2) is 4.98 Å². The number of aryl methyl sites for hydroxylation is 1. The van der Waals surface area contributed by atoms with Gasteiger partial charge in [0.25, 0.3) is 0 Å². The lowest BCUT2D eigenvalue weighted by Crippen LogP contribution is -2.36. The Kier molecular flexibility index (Phi) is 6.80. The maximum Gasteiger partial charge on any atom is 0.305 e. The highest BCUT2D eigenvalue weighted by molar-refractivity contribution is 7.13. The first-order chi connectivity index (χ1) is 9.12. The normalized spacial score (nSPS) is 12.2. The van der Waals surface area contributed by atoms with Crippen molar-refractivity contribution in [3.63, 3.8) is 0 Å². The lowest BCUT2D eigenvalue weighted by molar-refractivity contribution is -0.140. The molecule has 0 amide bonds. The van der Waals surface area contributed by atoms with E-state index in [2.05, 4.69) is 28.5 Å². The molecular formula is C13H22N2O3S. The minimum Gasteiger partial charge on any atom is -0.469 e. The summed E-state index contributed by atoms with van der Waals surface area (Å²) < 4.78 is 9.81. The molecule has 0 bridgehead atoms. The zero-order chi connectivity index (χ0) is 14.3. The summed E-state index contributed by atoms with van der Waals surface area (Å²) in [6.07, 6.45) is 0.999. The molecule has 0 fully saturated rings. The molecule has 0 aliphatic heterocycles. The maximum atomic E-state index is 11.1. The van der Waals surface area contributed by atoms with Crippen LogP contribution >= 0.6 is 11.3 Å². The number of nitrogens with zero attached hydrogens (tertiary/aromatic N) is 2. The smallest absolute Gasteiger partial charge is 0.305 e. The molecule has 1 heterocycles. The van der Waals surface area contributed by atoms with Gasteiger partial charge in [0.1, 0.15) is 0 Å². The van der Waals surface area contributed by atoms with Crippen molar-refractivity contribution in [2.45, 2.75) is 32.7 Å². The van der Waals surface area contributed by atoms with E-state index in [-0.39, 0.29) is 12.0 Å². The molecule has 0 aliphatic rings. The van der Waals surface area contributed by atoms with Crippen LogP contribution in [0.5, 0.6) is 0 Å². The van der Waals surface area contributed by atoms with Crippen molar-refractivity contribution in [3.8, 4) is 0 Å². The second-order valence-corrected chi connectivity index (χ2v) is 5.12. The van der Waals surface area contributed by atoms with E-state index in [1.54, 1.807) is 18.4 Å². The van der Waals surface area contributed by atoms with E-state index in [1.165, 1.54) is 7.11 Å². The monoisotopic (exact) mass is 286 g/mol. The highest BCUT2D eigenvalue weighted by Gasteiger charge is 2.16. The number of carbonyl (C=O) groups is 1. The highest BCUT2D eigenvalue weighted by atomic mass is 32.1. The third-order valence-electron chi connectivity index (χ3n) is 2.88. The van der Waals surface area contributed by atoms with Gasteiger partial charge in [-0.3, -0.25) is 4.79 Å². The number of anilines is 1. The first kappa shape index (κ1) is 15.9. The fourth-order valence-electron chi connectivity index (χ4n) is 1.84. The summed E-state index contributed by atoms with van der Waals surface area (Å²) in [6.45, 7) is 5.77. The van der Waals surface area contributed by atoms with Crippen LogP contribution in [0.1, 0.15) is 26.0 Å². The zero-order valence-corrected chi connectivity index (χ0v) is 12.8. The summed E-state index contributed by atoms with van der Waals surface area (Å²) in [5.41, 5.74) is 0.938. The number of hydrogen-bond donors (Lipinski definition) is 0. The van der Waals surface area contributed by atoms with Crippen molar-refractivity contribution >= 4 is 22.4 Å². The summed E-state index contributed by atoms with van der Waals surface area (Å²) in [5.74, 6) is -0.199. The minimum atomic E-state index is -0.199. The molecule has 0 aromatic carbocycles. The van der Waals surface area contributed by atoms with Crippen molar-refractivity contribution in [1.82, 2.24) is 4.98 Å². The van der Waals surface area contributed by atoms with Crippen molar-refractivity contribution in [2.75, 3.05) is 32.3 Å². The van der Waals surface area contributed by atoms with Crippen LogP contribution in [0.25, 0.3) is 0 Å². The Hall–Kier alpha value is -1.14. The van der Waals surface area contributed by atoms with Crippen LogP contribution in [0.15, 0.2) is 5.38 Å². The number of methoxy groups -OCH3 is 2. The molecule has 1 unspecified atom stereocenters. The number of carbonyl (C=O) groups excluding carboxylic acids is 1.